The first-order chi connectivity index (χ1) is 13.0. The van der Waals surface area contributed by atoms with E-state index in [1.54, 1.807) is 24.5 Å². The Bertz CT molecular complexity index is 1120. The van der Waals surface area contributed by atoms with Gasteiger partial charge in [-0.1, -0.05) is 0 Å². The van der Waals surface area contributed by atoms with Gasteiger partial charge in [-0.25, -0.2) is 23.2 Å². The van der Waals surface area contributed by atoms with Crippen molar-refractivity contribution in [2.75, 3.05) is 31.1 Å². The quantitative estimate of drug-likeness (QED) is 0.654. The summed E-state index contributed by atoms with van der Waals surface area (Å²) in [7, 11) is -3.67. The Morgan fingerprint density at radius 2 is 1.81 bits per heavy atom. The number of aromatic nitrogens is 3. The number of rotatable bonds is 4. The van der Waals surface area contributed by atoms with Crippen LogP contribution in [0.15, 0.2) is 50.8 Å². The number of hydrogen-bond acceptors (Lipinski definition) is 7. The smallest absolute Gasteiger partial charge is 0.408 e. The second-order valence-electron chi connectivity index (χ2n) is 6.18. The predicted molar refractivity (Wildman–Crippen MR) is 99.2 cm³/mol. The minimum Gasteiger partial charge on any atom is -0.408 e. The largest absolute Gasteiger partial charge is 0.419 e. The summed E-state index contributed by atoms with van der Waals surface area (Å²) in [5, 5.41) is 0. The number of oxazole rings is 1. The van der Waals surface area contributed by atoms with Crippen LogP contribution in [0.3, 0.4) is 0 Å². The first-order valence-corrected chi connectivity index (χ1v) is 10.1. The van der Waals surface area contributed by atoms with Crippen LogP contribution in [0.1, 0.15) is 6.92 Å². The summed E-state index contributed by atoms with van der Waals surface area (Å²) in [5.41, 5.74) is 0.867. The molecule has 0 atom stereocenters. The topological polar surface area (TPSA) is 102 Å². The van der Waals surface area contributed by atoms with Crippen LogP contribution in [-0.4, -0.2) is 53.4 Å². The van der Waals surface area contributed by atoms with Crippen LogP contribution in [0.2, 0.25) is 0 Å². The van der Waals surface area contributed by atoms with Gasteiger partial charge in [0.2, 0.25) is 16.0 Å². The molecule has 2 aromatic heterocycles. The molecule has 0 spiro atoms. The number of fused-ring (bicyclic) bond motifs is 1. The van der Waals surface area contributed by atoms with Gasteiger partial charge in [0.15, 0.2) is 5.58 Å². The molecule has 1 aliphatic rings. The molecular formula is C17H19N5O4S. The number of piperazine rings is 1. The molecule has 0 bridgehead atoms. The van der Waals surface area contributed by atoms with Crippen molar-refractivity contribution in [1.29, 1.82) is 0 Å². The Balaban J connectivity index is 1.57. The fourth-order valence-electron chi connectivity index (χ4n) is 3.24. The van der Waals surface area contributed by atoms with Crippen LogP contribution < -0.4 is 10.7 Å². The second kappa shape index (κ2) is 6.78. The van der Waals surface area contributed by atoms with Gasteiger partial charge in [-0.05, 0) is 25.1 Å². The molecule has 10 heteroatoms. The molecule has 0 N–H and O–H groups in total. The van der Waals surface area contributed by atoms with E-state index in [0.717, 1.165) is 0 Å². The van der Waals surface area contributed by atoms with E-state index in [1.165, 1.54) is 21.0 Å². The molecule has 1 saturated heterocycles. The van der Waals surface area contributed by atoms with Crippen LogP contribution in [-0.2, 0) is 16.6 Å². The van der Waals surface area contributed by atoms with Crippen molar-refractivity contribution in [1.82, 2.24) is 18.8 Å². The fourth-order valence-corrected chi connectivity index (χ4v) is 4.68. The average molecular weight is 389 g/mol. The molecule has 0 radical (unpaired) electrons. The molecule has 27 heavy (non-hydrogen) atoms. The Kier molecular flexibility index (Phi) is 4.44. The van der Waals surface area contributed by atoms with Gasteiger partial charge in [0, 0.05) is 51.2 Å². The zero-order valence-corrected chi connectivity index (χ0v) is 15.6. The van der Waals surface area contributed by atoms with Crippen molar-refractivity contribution in [3.05, 3.63) is 47.2 Å². The van der Waals surface area contributed by atoms with Gasteiger partial charge in [-0.3, -0.25) is 4.57 Å². The molecule has 3 heterocycles. The van der Waals surface area contributed by atoms with E-state index < -0.39 is 15.8 Å². The van der Waals surface area contributed by atoms with Gasteiger partial charge < -0.3 is 9.32 Å². The average Bonchev–Trinajstić information content (AvgIpc) is 3.02. The van der Waals surface area contributed by atoms with Crippen LogP contribution in [0.4, 0.5) is 5.95 Å². The summed E-state index contributed by atoms with van der Waals surface area (Å²) in [4.78, 5) is 22.3. The third-order valence-electron chi connectivity index (χ3n) is 4.67. The van der Waals surface area contributed by atoms with Gasteiger partial charge in [0.1, 0.15) is 0 Å². The molecule has 4 rings (SSSR count). The van der Waals surface area contributed by atoms with E-state index >= 15 is 0 Å². The van der Waals surface area contributed by atoms with Crippen LogP contribution in [0.25, 0.3) is 11.1 Å². The van der Waals surface area contributed by atoms with Crippen LogP contribution in [0, 0.1) is 0 Å². The third kappa shape index (κ3) is 3.10. The van der Waals surface area contributed by atoms with E-state index in [2.05, 4.69) is 9.97 Å². The number of hydrogen-bond donors (Lipinski definition) is 0. The van der Waals surface area contributed by atoms with Crippen molar-refractivity contribution >= 4 is 27.1 Å². The van der Waals surface area contributed by atoms with E-state index in [1.807, 2.05) is 11.8 Å². The summed E-state index contributed by atoms with van der Waals surface area (Å²) in [6.45, 7) is 3.97. The van der Waals surface area contributed by atoms with E-state index in [0.29, 0.717) is 44.2 Å². The lowest BCUT2D eigenvalue weighted by atomic mass is 10.3. The maximum atomic E-state index is 13.0. The zero-order chi connectivity index (χ0) is 19.0. The summed E-state index contributed by atoms with van der Waals surface area (Å²) in [5.74, 6) is 0.108. The van der Waals surface area contributed by atoms with Gasteiger partial charge in [-0.2, -0.15) is 4.31 Å². The predicted octanol–water partition coefficient (Wildman–Crippen LogP) is 0.915. The molecule has 3 aromatic rings. The highest BCUT2D eigenvalue weighted by atomic mass is 32.2. The fraction of sp³-hybridized carbons (Fsp3) is 0.353. The molecule has 9 nitrogen and oxygen atoms in total. The second-order valence-corrected chi connectivity index (χ2v) is 8.12. The van der Waals surface area contributed by atoms with E-state index in [9.17, 15) is 13.2 Å². The van der Waals surface area contributed by atoms with Gasteiger partial charge in [-0.15, -0.1) is 0 Å². The monoisotopic (exact) mass is 389 g/mol. The SMILES string of the molecule is CCn1c(=O)oc2cc(S(=O)(=O)N3CCN(c4ncccn4)CC3)ccc21. The molecule has 0 unspecified atom stereocenters. The highest BCUT2D eigenvalue weighted by Crippen LogP contribution is 2.23. The number of aryl methyl sites for hydroxylation is 1. The molecule has 0 saturated carbocycles. The lowest BCUT2D eigenvalue weighted by Gasteiger charge is -2.33. The highest BCUT2D eigenvalue weighted by molar-refractivity contribution is 7.89. The number of nitrogens with zero attached hydrogens (tertiary/aromatic N) is 5. The Morgan fingerprint density at radius 3 is 2.48 bits per heavy atom. The first kappa shape index (κ1) is 17.7. The van der Waals surface area contributed by atoms with Crippen molar-refractivity contribution in [3.63, 3.8) is 0 Å². The van der Waals surface area contributed by atoms with Gasteiger partial charge in [0.05, 0.1) is 10.4 Å². The summed E-state index contributed by atoms with van der Waals surface area (Å²) >= 11 is 0. The van der Waals surface area contributed by atoms with E-state index in [4.69, 9.17) is 4.42 Å². The molecule has 0 amide bonds. The molecule has 142 valence electrons. The highest BCUT2D eigenvalue weighted by Gasteiger charge is 2.29. The first-order valence-electron chi connectivity index (χ1n) is 8.66. The van der Waals surface area contributed by atoms with Crippen molar-refractivity contribution in [2.24, 2.45) is 0 Å². The van der Waals surface area contributed by atoms with Gasteiger partial charge >= 0.3 is 5.76 Å². The standard InChI is InChI=1S/C17H19N5O4S/c1-2-22-14-5-4-13(12-15(14)26-17(22)23)27(24,25)21-10-8-20(9-11-21)16-18-6-3-7-19-16/h3-7,12H,2,8-11H2,1H3. The lowest BCUT2D eigenvalue weighted by Crippen LogP contribution is -2.49. The number of benzene rings is 1. The summed E-state index contributed by atoms with van der Waals surface area (Å²) in [6, 6.07) is 6.30. The lowest BCUT2D eigenvalue weighted by molar-refractivity contribution is 0.382. The van der Waals surface area contributed by atoms with Crippen molar-refractivity contribution in [3.8, 4) is 0 Å². The minimum atomic E-state index is -3.67. The van der Waals surface area contributed by atoms with Gasteiger partial charge in [0.25, 0.3) is 0 Å². The summed E-state index contributed by atoms with van der Waals surface area (Å²) < 4.78 is 34.1. The minimum absolute atomic E-state index is 0.122. The van der Waals surface area contributed by atoms with Crippen molar-refractivity contribution in [2.45, 2.75) is 18.4 Å². The maximum Gasteiger partial charge on any atom is 0.419 e. The third-order valence-corrected chi connectivity index (χ3v) is 6.56. The zero-order valence-electron chi connectivity index (χ0n) is 14.8. The normalized spacial score (nSPS) is 16.1. The number of anilines is 1. The van der Waals surface area contributed by atoms with Crippen molar-refractivity contribution < 1.29 is 12.8 Å². The Labute approximate surface area is 155 Å². The molecule has 1 aliphatic heterocycles. The molecule has 1 aromatic carbocycles. The van der Waals surface area contributed by atoms with Crippen LogP contribution in [0.5, 0.6) is 0 Å². The molecule has 0 aliphatic carbocycles. The number of sulfonamides is 1. The maximum absolute atomic E-state index is 13.0. The molecule has 1 fully saturated rings. The van der Waals surface area contributed by atoms with Crippen LogP contribution >= 0.6 is 0 Å². The molecular weight excluding hydrogens is 370 g/mol. The Morgan fingerprint density at radius 1 is 1.11 bits per heavy atom. The summed E-state index contributed by atoms with van der Waals surface area (Å²) in [6.07, 6.45) is 3.33. The van der Waals surface area contributed by atoms with E-state index in [-0.39, 0.29) is 10.5 Å². The Hall–Kier alpha value is -2.72.